The molecule has 0 radical (unpaired) electrons. The van der Waals surface area contributed by atoms with Crippen molar-refractivity contribution in [1.29, 1.82) is 0 Å². The summed E-state index contributed by atoms with van der Waals surface area (Å²) in [5, 5.41) is 12.3. The number of nitrogens with one attached hydrogen (secondary N) is 1. The van der Waals surface area contributed by atoms with Crippen LogP contribution in [-0.2, 0) is 11.3 Å². The number of ether oxygens (including phenoxy) is 2. The summed E-state index contributed by atoms with van der Waals surface area (Å²) < 4.78 is 11.9. The van der Waals surface area contributed by atoms with E-state index in [1.54, 1.807) is 0 Å². The quantitative estimate of drug-likeness (QED) is 0.859. The van der Waals surface area contributed by atoms with Gasteiger partial charge in [0.05, 0.1) is 0 Å². The Bertz CT molecular complexity index is 530. The van der Waals surface area contributed by atoms with E-state index in [-0.39, 0.29) is 5.92 Å². The lowest BCUT2D eigenvalue weighted by atomic mass is 10.1. The van der Waals surface area contributed by atoms with Crippen molar-refractivity contribution in [2.24, 2.45) is 5.92 Å². The van der Waals surface area contributed by atoms with Crippen LogP contribution in [0, 0.1) is 5.92 Å². The highest BCUT2D eigenvalue weighted by molar-refractivity contribution is 9.10. The first-order chi connectivity index (χ1) is 9.65. The SMILES string of the molecule is O=C(O)C(NCc1cc2c(cc1Br)OCCO2)C1CC1. The Morgan fingerprint density at radius 2 is 2.00 bits per heavy atom. The van der Waals surface area contributed by atoms with Crippen LogP contribution >= 0.6 is 15.9 Å². The molecule has 2 aliphatic rings. The molecule has 0 spiro atoms. The molecule has 5 nitrogen and oxygen atoms in total. The van der Waals surface area contributed by atoms with Gasteiger partial charge in [-0.3, -0.25) is 4.79 Å². The molecule has 0 aromatic heterocycles. The smallest absolute Gasteiger partial charge is 0.320 e. The number of rotatable bonds is 5. The zero-order valence-electron chi connectivity index (χ0n) is 10.9. The van der Waals surface area contributed by atoms with Crippen molar-refractivity contribution in [1.82, 2.24) is 5.32 Å². The average Bonchev–Trinajstić information content (AvgIpc) is 3.23. The molecule has 1 aliphatic heterocycles. The third-order valence-corrected chi connectivity index (χ3v) is 4.32. The third-order valence-electron chi connectivity index (χ3n) is 3.58. The van der Waals surface area contributed by atoms with Crippen molar-refractivity contribution >= 4 is 21.9 Å². The third kappa shape index (κ3) is 2.91. The molecule has 1 atom stereocenters. The molecule has 108 valence electrons. The van der Waals surface area contributed by atoms with Gasteiger partial charge in [-0.25, -0.2) is 0 Å². The molecule has 2 N–H and O–H groups in total. The first kappa shape index (κ1) is 13.7. The second-order valence-corrected chi connectivity index (χ2v) is 5.98. The van der Waals surface area contributed by atoms with E-state index < -0.39 is 12.0 Å². The van der Waals surface area contributed by atoms with Crippen LogP contribution in [0.5, 0.6) is 11.5 Å². The van der Waals surface area contributed by atoms with Gasteiger partial charge < -0.3 is 19.9 Å². The Labute approximate surface area is 125 Å². The highest BCUT2D eigenvalue weighted by atomic mass is 79.9. The highest BCUT2D eigenvalue weighted by Gasteiger charge is 2.35. The maximum atomic E-state index is 11.2. The molecule has 6 heteroatoms. The number of carboxylic acid groups (broad SMARTS) is 1. The van der Waals surface area contributed by atoms with Gasteiger partial charge >= 0.3 is 5.97 Å². The van der Waals surface area contributed by atoms with Crippen molar-refractivity contribution in [3.05, 3.63) is 22.2 Å². The monoisotopic (exact) mass is 341 g/mol. The number of benzene rings is 1. The Hall–Kier alpha value is -1.27. The van der Waals surface area contributed by atoms with E-state index in [2.05, 4.69) is 21.2 Å². The lowest BCUT2D eigenvalue weighted by Crippen LogP contribution is -2.38. The summed E-state index contributed by atoms with van der Waals surface area (Å²) in [5.74, 6) is 0.933. The molecular formula is C14H16BrNO4. The number of aliphatic carboxylic acids is 1. The van der Waals surface area contributed by atoms with Gasteiger partial charge in [0, 0.05) is 11.0 Å². The zero-order chi connectivity index (χ0) is 14.1. The Balaban J connectivity index is 1.72. The number of halogens is 1. The largest absolute Gasteiger partial charge is 0.486 e. The van der Waals surface area contributed by atoms with Crippen molar-refractivity contribution < 1.29 is 19.4 Å². The minimum atomic E-state index is -0.777. The molecule has 20 heavy (non-hydrogen) atoms. The van der Waals surface area contributed by atoms with E-state index >= 15 is 0 Å². The summed E-state index contributed by atoms with van der Waals surface area (Å²) in [5.41, 5.74) is 0.973. The number of hydrogen-bond donors (Lipinski definition) is 2. The van der Waals surface area contributed by atoms with Gasteiger partial charge in [0.2, 0.25) is 0 Å². The maximum absolute atomic E-state index is 11.2. The summed E-state index contributed by atoms with van der Waals surface area (Å²) in [6, 6.07) is 3.31. The van der Waals surface area contributed by atoms with Crippen LogP contribution in [0.25, 0.3) is 0 Å². The maximum Gasteiger partial charge on any atom is 0.320 e. The van der Waals surface area contributed by atoms with Crippen LogP contribution in [0.2, 0.25) is 0 Å². The van der Waals surface area contributed by atoms with Gasteiger partial charge in [0.1, 0.15) is 19.3 Å². The van der Waals surface area contributed by atoms with Crippen molar-refractivity contribution in [3.63, 3.8) is 0 Å². The number of carboxylic acids is 1. The normalized spacial score (nSPS) is 18.6. The molecule has 1 aliphatic carbocycles. The minimum Gasteiger partial charge on any atom is -0.486 e. The van der Waals surface area contributed by atoms with Crippen LogP contribution in [0.3, 0.4) is 0 Å². The van der Waals surface area contributed by atoms with Gasteiger partial charge in [-0.1, -0.05) is 15.9 Å². The summed E-state index contributed by atoms with van der Waals surface area (Å²) in [7, 11) is 0. The summed E-state index contributed by atoms with van der Waals surface area (Å²) in [6.45, 7) is 1.59. The average molecular weight is 342 g/mol. The molecule has 0 saturated heterocycles. The van der Waals surface area contributed by atoms with E-state index in [0.29, 0.717) is 19.8 Å². The summed E-state index contributed by atoms with van der Waals surface area (Å²) in [6.07, 6.45) is 1.98. The van der Waals surface area contributed by atoms with Crippen molar-refractivity contribution in [2.45, 2.75) is 25.4 Å². The van der Waals surface area contributed by atoms with Gasteiger partial charge in [-0.2, -0.15) is 0 Å². The van der Waals surface area contributed by atoms with Crippen LogP contribution in [0.4, 0.5) is 0 Å². The van der Waals surface area contributed by atoms with Gasteiger partial charge in [0.25, 0.3) is 0 Å². The predicted molar refractivity (Wildman–Crippen MR) is 76.1 cm³/mol. The zero-order valence-corrected chi connectivity index (χ0v) is 12.5. The lowest BCUT2D eigenvalue weighted by molar-refractivity contribution is -0.140. The number of carbonyl (C=O) groups is 1. The highest BCUT2D eigenvalue weighted by Crippen LogP contribution is 2.36. The van der Waals surface area contributed by atoms with Crippen LogP contribution in [-0.4, -0.2) is 30.3 Å². The van der Waals surface area contributed by atoms with Crippen LogP contribution in [0.15, 0.2) is 16.6 Å². The molecule has 0 amide bonds. The Morgan fingerprint density at radius 1 is 1.35 bits per heavy atom. The number of hydrogen-bond acceptors (Lipinski definition) is 4. The first-order valence-corrected chi connectivity index (χ1v) is 7.48. The predicted octanol–water partition coefficient (Wildman–Crippen LogP) is 2.17. The fraction of sp³-hybridized carbons (Fsp3) is 0.500. The second-order valence-electron chi connectivity index (χ2n) is 5.12. The molecule has 1 heterocycles. The molecule has 1 saturated carbocycles. The number of fused-ring (bicyclic) bond motifs is 1. The van der Waals surface area contributed by atoms with Crippen LogP contribution < -0.4 is 14.8 Å². The summed E-state index contributed by atoms with van der Waals surface area (Å²) in [4.78, 5) is 11.2. The molecular weight excluding hydrogens is 326 g/mol. The van der Waals surface area contributed by atoms with Gasteiger partial charge in [0.15, 0.2) is 11.5 Å². The molecule has 1 aromatic carbocycles. The Kier molecular flexibility index (Phi) is 3.85. The molecule has 1 aromatic rings. The minimum absolute atomic E-state index is 0.267. The van der Waals surface area contributed by atoms with Crippen molar-refractivity contribution in [2.75, 3.05) is 13.2 Å². The van der Waals surface area contributed by atoms with Gasteiger partial charge in [-0.15, -0.1) is 0 Å². The second kappa shape index (κ2) is 5.61. The lowest BCUT2D eigenvalue weighted by Gasteiger charge is -2.21. The summed E-state index contributed by atoms with van der Waals surface area (Å²) >= 11 is 3.49. The molecule has 0 bridgehead atoms. The van der Waals surface area contributed by atoms with Crippen LogP contribution in [0.1, 0.15) is 18.4 Å². The topological polar surface area (TPSA) is 67.8 Å². The van der Waals surface area contributed by atoms with E-state index in [1.165, 1.54) is 0 Å². The van der Waals surface area contributed by atoms with E-state index in [0.717, 1.165) is 34.4 Å². The standard InChI is InChI=1S/C14H16BrNO4/c15-10-6-12-11(19-3-4-20-12)5-9(10)7-16-13(14(17)18)8-1-2-8/h5-6,8,13,16H,1-4,7H2,(H,17,18). The molecule has 1 fully saturated rings. The first-order valence-electron chi connectivity index (χ1n) is 6.69. The Morgan fingerprint density at radius 3 is 2.60 bits per heavy atom. The molecule has 1 unspecified atom stereocenters. The fourth-order valence-electron chi connectivity index (χ4n) is 2.35. The van der Waals surface area contributed by atoms with Crippen molar-refractivity contribution in [3.8, 4) is 11.5 Å². The molecule has 3 rings (SSSR count). The fourth-order valence-corrected chi connectivity index (χ4v) is 2.81. The van der Waals surface area contributed by atoms with E-state index in [1.807, 2.05) is 12.1 Å². The van der Waals surface area contributed by atoms with E-state index in [9.17, 15) is 9.90 Å². The van der Waals surface area contributed by atoms with Gasteiger partial charge in [-0.05, 0) is 36.5 Å². The van der Waals surface area contributed by atoms with E-state index in [4.69, 9.17) is 9.47 Å².